The van der Waals surface area contributed by atoms with Crippen molar-refractivity contribution in [3.63, 3.8) is 0 Å². The summed E-state index contributed by atoms with van der Waals surface area (Å²) in [6, 6.07) is 1.19. The second-order valence-corrected chi connectivity index (χ2v) is 7.01. The molecule has 0 fully saturated rings. The Labute approximate surface area is 124 Å². The van der Waals surface area contributed by atoms with Crippen LogP contribution in [0.15, 0.2) is 21.5 Å². The average molecular weight is 370 g/mol. The van der Waals surface area contributed by atoms with E-state index in [2.05, 4.69) is 15.9 Å². The van der Waals surface area contributed by atoms with Crippen molar-refractivity contribution in [1.82, 2.24) is 4.31 Å². The van der Waals surface area contributed by atoms with E-state index in [1.54, 1.807) is 0 Å². The topological polar surface area (TPSA) is 94.9 Å². The summed E-state index contributed by atoms with van der Waals surface area (Å²) in [5.74, 6) is -2.91. The van der Waals surface area contributed by atoms with Crippen LogP contribution in [0.2, 0.25) is 0 Å². The molecule has 0 aliphatic rings. The highest BCUT2D eigenvalue weighted by atomic mass is 79.9. The lowest BCUT2D eigenvalue weighted by Gasteiger charge is -2.23. The summed E-state index contributed by atoms with van der Waals surface area (Å²) in [5, 5.41) is 17.8. The Morgan fingerprint density at radius 3 is 2.50 bits per heavy atom. The number of aliphatic hydroxyl groups is 1. The molecule has 0 aliphatic carbocycles. The predicted octanol–water partition coefficient (Wildman–Crippen LogP) is 1.29. The van der Waals surface area contributed by atoms with Gasteiger partial charge in [-0.2, -0.15) is 4.31 Å². The molecule has 0 heterocycles. The molecule has 0 aliphatic heterocycles. The number of hydrogen-bond acceptors (Lipinski definition) is 4. The number of aliphatic hydroxyl groups excluding tert-OH is 1. The standard InChI is InChI=1S/C11H13BrFNO5S/c1-6(5-15)14(2)20(18,19)9-4-7(12)3-8(10(9)13)11(16)17/h3-4,6,15H,5H2,1-2H3,(H,16,17). The van der Waals surface area contributed by atoms with Crippen LogP contribution in [0.3, 0.4) is 0 Å². The van der Waals surface area contributed by atoms with Gasteiger partial charge >= 0.3 is 5.97 Å². The van der Waals surface area contributed by atoms with Crippen molar-refractivity contribution in [3.8, 4) is 0 Å². The molecule has 0 spiro atoms. The Balaban J connectivity index is 3.50. The van der Waals surface area contributed by atoms with Crippen LogP contribution in [0.4, 0.5) is 4.39 Å². The number of carboxylic acid groups (broad SMARTS) is 1. The van der Waals surface area contributed by atoms with Crippen molar-refractivity contribution in [3.05, 3.63) is 28.0 Å². The summed E-state index contributed by atoms with van der Waals surface area (Å²) in [5.41, 5.74) is -0.747. The first-order valence-corrected chi connectivity index (χ1v) is 7.67. The minimum atomic E-state index is -4.25. The van der Waals surface area contributed by atoms with E-state index in [0.29, 0.717) is 0 Å². The molecule has 2 N–H and O–H groups in total. The lowest BCUT2D eigenvalue weighted by Crippen LogP contribution is -2.37. The molecule has 1 rings (SSSR count). The fourth-order valence-corrected chi connectivity index (χ4v) is 3.49. The van der Waals surface area contributed by atoms with Gasteiger partial charge < -0.3 is 10.2 Å². The van der Waals surface area contributed by atoms with Gasteiger partial charge in [-0.05, 0) is 19.1 Å². The summed E-state index contributed by atoms with van der Waals surface area (Å²) in [6.45, 7) is 0.989. The predicted molar refractivity (Wildman–Crippen MR) is 72.6 cm³/mol. The van der Waals surface area contributed by atoms with E-state index in [1.165, 1.54) is 14.0 Å². The Kier molecular flexibility index (Phi) is 5.25. The van der Waals surface area contributed by atoms with Gasteiger partial charge in [-0.1, -0.05) is 15.9 Å². The number of likely N-dealkylation sites (N-methyl/N-ethyl adjacent to an activating group) is 1. The maximum absolute atomic E-state index is 14.1. The number of carbonyl (C=O) groups is 1. The number of nitrogens with zero attached hydrogens (tertiary/aromatic N) is 1. The third-order valence-corrected chi connectivity index (χ3v) is 5.21. The van der Waals surface area contributed by atoms with E-state index >= 15 is 0 Å². The lowest BCUT2D eigenvalue weighted by molar-refractivity contribution is 0.0691. The number of sulfonamides is 1. The van der Waals surface area contributed by atoms with E-state index < -0.39 is 44.9 Å². The molecule has 1 unspecified atom stereocenters. The van der Waals surface area contributed by atoms with Gasteiger partial charge in [-0.15, -0.1) is 0 Å². The van der Waals surface area contributed by atoms with Crippen molar-refractivity contribution >= 4 is 31.9 Å². The molecular weight excluding hydrogens is 357 g/mol. The molecule has 0 radical (unpaired) electrons. The van der Waals surface area contributed by atoms with Crippen LogP contribution in [-0.4, -0.2) is 48.6 Å². The highest BCUT2D eigenvalue weighted by Gasteiger charge is 2.30. The van der Waals surface area contributed by atoms with E-state index in [1.807, 2.05) is 0 Å². The van der Waals surface area contributed by atoms with Crippen LogP contribution in [0.25, 0.3) is 0 Å². The quantitative estimate of drug-likeness (QED) is 0.815. The van der Waals surface area contributed by atoms with E-state index in [4.69, 9.17) is 10.2 Å². The third-order valence-electron chi connectivity index (χ3n) is 2.78. The zero-order chi connectivity index (χ0) is 15.7. The zero-order valence-corrected chi connectivity index (χ0v) is 13.1. The lowest BCUT2D eigenvalue weighted by atomic mass is 10.2. The zero-order valence-electron chi connectivity index (χ0n) is 10.7. The highest BCUT2D eigenvalue weighted by molar-refractivity contribution is 9.10. The molecule has 1 aromatic carbocycles. The van der Waals surface area contributed by atoms with Crippen molar-refractivity contribution in [2.24, 2.45) is 0 Å². The van der Waals surface area contributed by atoms with Crippen LogP contribution in [-0.2, 0) is 10.0 Å². The molecule has 9 heteroatoms. The van der Waals surface area contributed by atoms with E-state index in [-0.39, 0.29) is 4.47 Å². The van der Waals surface area contributed by atoms with Gasteiger partial charge in [0.15, 0.2) is 5.82 Å². The SMILES string of the molecule is CC(CO)N(C)S(=O)(=O)c1cc(Br)cc(C(=O)O)c1F. The fraction of sp³-hybridized carbons (Fsp3) is 0.364. The monoisotopic (exact) mass is 369 g/mol. The molecule has 0 saturated heterocycles. The Hall–Kier alpha value is -1.03. The third kappa shape index (κ3) is 3.17. The number of carboxylic acids is 1. The maximum Gasteiger partial charge on any atom is 0.338 e. The largest absolute Gasteiger partial charge is 0.478 e. The molecule has 1 aromatic rings. The second-order valence-electron chi connectivity index (χ2n) is 4.12. The van der Waals surface area contributed by atoms with Crippen molar-refractivity contribution < 1.29 is 27.8 Å². The minimum Gasteiger partial charge on any atom is -0.478 e. The van der Waals surface area contributed by atoms with E-state index in [0.717, 1.165) is 16.4 Å². The molecule has 6 nitrogen and oxygen atoms in total. The molecule has 0 bridgehead atoms. The van der Waals surface area contributed by atoms with Gasteiger partial charge in [0.2, 0.25) is 10.0 Å². The molecule has 0 aromatic heterocycles. The Morgan fingerprint density at radius 2 is 2.05 bits per heavy atom. The number of rotatable bonds is 5. The molecule has 112 valence electrons. The number of hydrogen-bond donors (Lipinski definition) is 2. The smallest absolute Gasteiger partial charge is 0.338 e. The molecule has 1 atom stereocenters. The number of halogens is 2. The summed E-state index contributed by atoms with van der Waals surface area (Å²) in [4.78, 5) is 10.1. The van der Waals surface area contributed by atoms with Crippen LogP contribution in [0, 0.1) is 5.82 Å². The van der Waals surface area contributed by atoms with Crippen LogP contribution in [0.1, 0.15) is 17.3 Å². The average Bonchev–Trinajstić information content (AvgIpc) is 2.38. The summed E-state index contributed by atoms with van der Waals surface area (Å²) in [7, 11) is -3.08. The van der Waals surface area contributed by atoms with Crippen LogP contribution < -0.4 is 0 Å². The highest BCUT2D eigenvalue weighted by Crippen LogP contribution is 2.27. The van der Waals surface area contributed by atoms with Gasteiger partial charge in [0.25, 0.3) is 0 Å². The minimum absolute atomic E-state index is 0.125. The Bertz CT molecular complexity index is 634. The summed E-state index contributed by atoms with van der Waals surface area (Å²) in [6.07, 6.45) is 0. The first-order valence-electron chi connectivity index (χ1n) is 5.44. The van der Waals surface area contributed by atoms with Gasteiger partial charge in [0, 0.05) is 17.6 Å². The second kappa shape index (κ2) is 6.17. The molecule has 0 saturated carbocycles. The van der Waals surface area contributed by atoms with Gasteiger partial charge in [-0.25, -0.2) is 17.6 Å². The Morgan fingerprint density at radius 1 is 1.50 bits per heavy atom. The molecule has 20 heavy (non-hydrogen) atoms. The first kappa shape index (κ1) is 17.0. The molecular formula is C11H13BrFNO5S. The summed E-state index contributed by atoms with van der Waals surface area (Å²) >= 11 is 2.95. The molecule has 0 amide bonds. The van der Waals surface area contributed by atoms with Gasteiger partial charge in [-0.3, -0.25) is 0 Å². The summed E-state index contributed by atoms with van der Waals surface area (Å²) < 4.78 is 39.4. The van der Waals surface area contributed by atoms with E-state index in [9.17, 15) is 17.6 Å². The van der Waals surface area contributed by atoms with Crippen LogP contribution in [0.5, 0.6) is 0 Å². The van der Waals surface area contributed by atoms with Gasteiger partial charge in [0.05, 0.1) is 12.2 Å². The van der Waals surface area contributed by atoms with Crippen molar-refractivity contribution in [1.29, 1.82) is 0 Å². The fourth-order valence-electron chi connectivity index (χ4n) is 1.41. The normalized spacial score (nSPS) is 13.5. The van der Waals surface area contributed by atoms with Crippen molar-refractivity contribution in [2.45, 2.75) is 17.9 Å². The maximum atomic E-state index is 14.1. The van der Waals surface area contributed by atoms with Gasteiger partial charge in [0.1, 0.15) is 4.90 Å². The first-order chi connectivity index (χ1) is 9.12. The van der Waals surface area contributed by atoms with Crippen LogP contribution >= 0.6 is 15.9 Å². The van der Waals surface area contributed by atoms with Crippen molar-refractivity contribution in [2.75, 3.05) is 13.7 Å². The number of aromatic carboxylic acids is 1. The number of benzene rings is 1.